The van der Waals surface area contributed by atoms with Crippen LogP contribution in [-0.2, 0) is 4.43 Å². The van der Waals surface area contributed by atoms with Gasteiger partial charge in [0.2, 0.25) is 0 Å². The molecule has 2 aliphatic carbocycles. The second kappa shape index (κ2) is 7.95. The van der Waals surface area contributed by atoms with Gasteiger partial charge in [0, 0.05) is 11.1 Å². The highest BCUT2D eigenvalue weighted by atomic mass is 79.9. The molecule has 0 heterocycles. The Hall–Kier alpha value is 0.657. The smallest absolute Gasteiger partial charge is 0.172 e. The van der Waals surface area contributed by atoms with E-state index in [1.54, 1.807) is 0 Å². The third-order valence-electron chi connectivity index (χ3n) is 4.62. The zero-order valence-corrected chi connectivity index (χ0v) is 14.0. The predicted octanol–water partition coefficient (Wildman–Crippen LogP) is 3.97. The summed E-state index contributed by atoms with van der Waals surface area (Å²) in [6.45, 7) is 0. The van der Waals surface area contributed by atoms with Crippen molar-refractivity contribution >= 4 is 25.7 Å². The lowest BCUT2D eigenvalue weighted by atomic mass is 9.75. The highest BCUT2D eigenvalue weighted by molar-refractivity contribution is 9.09. The van der Waals surface area contributed by atoms with Crippen molar-refractivity contribution in [1.29, 1.82) is 0 Å². The Kier molecular flexibility index (Phi) is 6.59. The first-order chi connectivity index (χ1) is 8.42. The van der Waals surface area contributed by atoms with Gasteiger partial charge in [-0.1, -0.05) is 54.5 Å². The molecule has 3 heteroatoms. The molecule has 0 saturated heterocycles. The second-order valence-electron chi connectivity index (χ2n) is 5.82. The molecule has 100 valence electrons. The highest BCUT2D eigenvalue weighted by Gasteiger charge is 2.31. The summed E-state index contributed by atoms with van der Waals surface area (Å²) in [5.41, 5.74) is 0. The fraction of sp³-hybridized carbons (Fsp3) is 1.00. The molecule has 0 unspecified atom stereocenters. The Morgan fingerprint density at radius 3 is 1.76 bits per heavy atom. The van der Waals surface area contributed by atoms with Gasteiger partial charge in [-0.15, -0.1) is 0 Å². The van der Waals surface area contributed by atoms with Crippen LogP contribution in [0.4, 0.5) is 0 Å². The molecule has 0 amide bonds. The molecular formula is C14H27BrOSi. The molecule has 0 bridgehead atoms. The molecule has 0 spiro atoms. The van der Waals surface area contributed by atoms with Crippen LogP contribution in [-0.4, -0.2) is 20.8 Å². The van der Waals surface area contributed by atoms with E-state index < -0.39 is 0 Å². The molecule has 17 heavy (non-hydrogen) atoms. The number of alkyl halides is 1. The monoisotopic (exact) mass is 318 g/mol. The second-order valence-corrected chi connectivity index (χ2v) is 9.32. The average molecular weight is 319 g/mol. The van der Waals surface area contributed by atoms with E-state index in [1.165, 1.54) is 64.2 Å². The summed E-state index contributed by atoms with van der Waals surface area (Å²) in [6, 6.07) is 0. The van der Waals surface area contributed by atoms with Crippen molar-refractivity contribution < 1.29 is 4.43 Å². The van der Waals surface area contributed by atoms with Crippen molar-refractivity contribution in [3.05, 3.63) is 0 Å². The maximum absolute atomic E-state index is 6.36. The molecule has 0 radical (unpaired) electrons. The van der Waals surface area contributed by atoms with E-state index in [9.17, 15) is 0 Å². The minimum atomic E-state index is -0.299. The van der Waals surface area contributed by atoms with Crippen molar-refractivity contribution in [2.24, 2.45) is 11.8 Å². The van der Waals surface area contributed by atoms with Crippen LogP contribution in [0, 0.1) is 11.8 Å². The van der Waals surface area contributed by atoms with Gasteiger partial charge in [-0.25, -0.2) is 0 Å². The van der Waals surface area contributed by atoms with Crippen LogP contribution in [0.2, 0.25) is 0 Å². The van der Waals surface area contributed by atoms with Crippen LogP contribution < -0.4 is 0 Å². The van der Waals surface area contributed by atoms with Gasteiger partial charge in [0.15, 0.2) is 9.76 Å². The lowest BCUT2D eigenvalue weighted by molar-refractivity contribution is 0.0423. The first-order valence-electron chi connectivity index (χ1n) is 7.59. The van der Waals surface area contributed by atoms with Gasteiger partial charge in [0.25, 0.3) is 0 Å². The summed E-state index contributed by atoms with van der Waals surface area (Å²) < 4.78 is 6.36. The number of rotatable bonds is 5. The maximum atomic E-state index is 6.36. The van der Waals surface area contributed by atoms with E-state index in [0.717, 1.165) is 16.8 Å². The van der Waals surface area contributed by atoms with Gasteiger partial charge in [-0.05, 0) is 37.5 Å². The SMILES string of the molecule is BrC[SiH2]OC(C1CCCCC1)C1CCCCC1. The van der Waals surface area contributed by atoms with E-state index in [2.05, 4.69) is 15.9 Å². The van der Waals surface area contributed by atoms with Crippen molar-refractivity contribution in [2.75, 3.05) is 4.95 Å². The van der Waals surface area contributed by atoms with Crippen LogP contribution in [0.5, 0.6) is 0 Å². The Labute approximate surface area is 117 Å². The average Bonchev–Trinajstić information content (AvgIpc) is 2.42. The molecule has 1 nitrogen and oxygen atoms in total. The third-order valence-corrected chi connectivity index (χ3v) is 6.36. The first kappa shape index (κ1) is 14.1. The fourth-order valence-corrected chi connectivity index (χ4v) is 5.23. The molecular weight excluding hydrogens is 292 g/mol. The molecule has 2 aliphatic rings. The Morgan fingerprint density at radius 2 is 1.35 bits per heavy atom. The molecule has 0 N–H and O–H groups in total. The molecule has 0 aromatic rings. The normalized spacial score (nSPS) is 25.1. The van der Waals surface area contributed by atoms with Crippen LogP contribution >= 0.6 is 15.9 Å². The molecule has 0 atom stereocenters. The molecule has 2 fully saturated rings. The number of hydrogen-bond donors (Lipinski definition) is 0. The topological polar surface area (TPSA) is 9.23 Å². The summed E-state index contributed by atoms with van der Waals surface area (Å²) in [4.78, 5) is 1.13. The molecule has 0 aliphatic heterocycles. The lowest BCUT2D eigenvalue weighted by Gasteiger charge is -2.38. The number of hydrogen-bond acceptors (Lipinski definition) is 1. The first-order valence-corrected chi connectivity index (χ1v) is 10.3. The molecule has 2 saturated carbocycles. The van der Waals surface area contributed by atoms with Gasteiger partial charge in [0.05, 0.1) is 0 Å². The van der Waals surface area contributed by atoms with Gasteiger partial charge in [-0.3, -0.25) is 0 Å². The predicted molar refractivity (Wildman–Crippen MR) is 80.4 cm³/mol. The van der Waals surface area contributed by atoms with E-state index in [-0.39, 0.29) is 9.76 Å². The van der Waals surface area contributed by atoms with Crippen molar-refractivity contribution in [1.82, 2.24) is 0 Å². The molecule has 0 aromatic heterocycles. The Bertz CT molecular complexity index is 182. The lowest BCUT2D eigenvalue weighted by Crippen LogP contribution is -2.36. The van der Waals surface area contributed by atoms with Crippen molar-refractivity contribution in [3.63, 3.8) is 0 Å². The quantitative estimate of drug-likeness (QED) is 0.550. The summed E-state index contributed by atoms with van der Waals surface area (Å²) in [7, 11) is -0.299. The minimum absolute atomic E-state index is 0.299. The van der Waals surface area contributed by atoms with E-state index in [4.69, 9.17) is 4.43 Å². The van der Waals surface area contributed by atoms with Crippen LogP contribution in [0.15, 0.2) is 0 Å². The number of halogens is 1. The Balaban J connectivity index is 1.90. The summed E-state index contributed by atoms with van der Waals surface area (Å²) >= 11 is 3.56. The van der Waals surface area contributed by atoms with E-state index in [0.29, 0.717) is 6.10 Å². The summed E-state index contributed by atoms with van der Waals surface area (Å²) in [6.07, 6.45) is 15.1. The maximum Gasteiger partial charge on any atom is 0.172 e. The Morgan fingerprint density at radius 1 is 0.882 bits per heavy atom. The zero-order valence-electron chi connectivity index (χ0n) is 11.0. The zero-order chi connectivity index (χ0) is 11.9. The third kappa shape index (κ3) is 4.36. The van der Waals surface area contributed by atoms with Crippen LogP contribution in [0.1, 0.15) is 64.2 Å². The molecule has 0 aromatic carbocycles. The molecule has 2 rings (SSSR count). The minimum Gasteiger partial charge on any atom is -0.420 e. The van der Waals surface area contributed by atoms with Gasteiger partial charge >= 0.3 is 0 Å². The van der Waals surface area contributed by atoms with Gasteiger partial charge in [-0.2, -0.15) is 0 Å². The van der Waals surface area contributed by atoms with Crippen molar-refractivity contribution in [2.45, 2.75) is 70.3 Å². The summed E-state index contributed by atoms with van der Waals surface area (Å²) in [5, 5.41) is 0. The fourth-order valence-electron chi connectivity index (χ4n) is 3.76. The largest absolute Gasteiger partial charge is 0.420 e. The summed E-state index contributed by atoms with van der Waals surface area (Å²) in [5.74, 6) is 1.80. The van der Waals surface area contributed by atoms with Crippen LogP contribution in [0.3, 0.4) is 0 Å². The van der Waals surface area contributed by atoms with Gasteiger partial charge < -0.3 is 4.43 Å². The van der Waals surface area contributed by atoms with Crippen LogP contribution in [0.25, 0.3) is 0 Å². The van der Waals surface area contributed by atoms with E-state index >= 15 is 0 Å². The van der Waals surface area contributed by atoms with Gasteiger partial charge in [0.1, 0.15) is 0 Å². The standard InChI is InChI=1S/C14H27BrOSi/c15-11-17-16-14(12-7-3-1-4-8-12)13-9-5-2-6-10-13/h12-14H,1-11,17H2. The highest BCUT2D eigenvalue weighted by Crippen LogP contribution is 2.37. The van der Waals surface area contributed by atoms with E-state index in [1.807, 2.05) is 0 Å². The van der Waals surface area contributed by atoms with Crippen molar-refractivity contribution in [3.8, 4) is 0 Å².